The molecule has 1 aromatic carbocycles. The average Bonchev–Trinajstić information content (AvgIpc) is 2.75. The van der Waals surface area contributed by atoms with Crippen molar-refractivity contribution in [2.75, 3.05) is 11.4 Å². The smallest absolute Gasteiger partial charge is 0.227 e. The molecule has 0 bridgehead atoms. The van der Waals surface area contributed by atoms with Gasteiger partial charge in [-0.2, -0.15) is 0 Å². The number of carbonyl (C=O) groups is 1. The first-order valence-electron chi connectivity index (χ1n) is 6.07. The van der Waals surface area contributed by atoms with Gasteiger partial charge in [0, 0.05) is 18.7 Å². The summed E-state index contributed by atoms with van der Waals surface area (Å²) in [6.45, 7) is 4.04. The highest BCUT2D eigenvalue weighted by Crippen LogP contribution is 2.24. The van der Waals surface area contributed by atoms with Crippen molar-refractivity contribution in [1.29, 1.82) is 0 Å². The van der Waals surface area contributed by atoms with Crippen LogP contribution in [0.15, 0.2) is 29.2 Å². The molecule has 0 radical (unpaired) electrons. The van der Waals surface area contributed by atoms with Gasteiger partial charge in [0.1, 0.15) is 0 Å². The topological polar surface area (TPSA) is 54.5 Å². The summed E-state index contributed by atoms with van der Waals surface area (Å²) in [5, 5.41) is -0.434. The highest BCUT2D eigenvalue weighted by Gasteiger charge is 2.23. The van der Waals surface area contributed by atoms with Crippen LogP contribution in [0.25, 0.3) is 0 Å². The molecule has 2 rings (SSSR count). The zero-order valence-corrected chi connectivity index (χ0v) is 11.4. The fraction of sp³-hybridized carbons (Fsp3) is 0.462. The Kier molecular flexibility index (Phi) is 3.43. The van der Waals surface area contributed by atoms with E-state index >= 15 is 0 Å². The van der Waals surface area contributed by atoms with Gasteiger partial charge in [0.05, 0.1) is 10.1 Å². The lowest BCUT2D eigenvalue weighted by Crippen LogP contribution is -2.23. The van der Waals surface area contributed by atoms with E-state index in [0.717, 1.165) is 18.7 Å². The van der Waals surface area contributed by atoms with Crippen molar-refractivity contribution in [3.05, 3.63) is 24.3 Å². The normalized spacial score (nSPS) is 16.6. The Labute approximate surface area is 108 Å². The first kappa shape index (κ1) is 13.1. The maximum Gasteiger partial charge on any atom is 0.227 e. The Morgan fingerprint density at radius 1 is 1.17 bits per heavy atom. The second kappa shape index (κ2) is 4.72. The lowest BCUT2D eigenvalue weighted by atomic mass is 10.3. The number of hydrogen-bond donors (Lipinski definition) is 0. The van der Waals surface area contributed by atoms with Crippen molar-refractivity contribution < 1.29 is 13.2 Å². The van der Waals surface area contributed by atoms with Gasteiger partial charge >= 0.3 is 0 Å². The molecule has 1 saturated heterocycles. The quantitative estimate of drug-likeness (QED) is 0.841. The number of nitrogens with zero attached hydrogens (tertiary/aromatic N) is 1. The lowest BCUT2D eigenvalue weighted by Gasteiger charge is -2.16. The molecule has 0 aromatic heterocycles. The molecular formula is C13H17NO3S. The Balaban J connectivity index is 2.28. The highest BCUT2D eigenvalue weighted by atomic mass is 32.2. The van der Waals surface area contributed by atoms with E-state index in [0.29, 0.717) is 11.3 Å². The summed E-state index contributed by atoms with van der Waals surface area (Å²) in [6, 6.07) is 6.57. The summed E-state index contributed by atoms with van der Waals surface area (Å²) >= 11 is 0. The SMILES string of the molecule is CC(C)S(=O)(=O)c1ccc(N2CCCC2=O)cc1. The van der Waals surface area contributed by atoms with Crippen molar-refractivity contribution in [1.82, 2.24) is 0 Å². The van der Waals surface area contributed by atoms with Gasteiger partial charge < -0.3 is 4.90 Å². The first-order chi connectivity index (χ1) is 8.43. The van der Waals surface area contributed by atoms with Gasteiger partial charge in [0.2, 0.25) is 5.91 Å². The van der Waals surface area contributed by atoms with Crippen LogP contribution in [0.1, 0.15) is 26.7 Å². The molecule has 4 nitrogen and oxygen atoms in total. The van der Waals surface area contributed by atoms with Crippen LogP contribution in [0.2, 0.25) is 0 Å². The predicted molar refractivity (Wildman–Crippen MR) is 70.4 cm³/mol. The van der Waals surface area contributed by atoms with Crippen LogP contribution in [0.5, 0.6) is 0 Å². The molecule has 0 aliphatic carbocycles. The van der Waals surface area contributed by atoms with Crippen molar-refractivity contribution in [2.24, 2.45) is 0 Å². The first-order valence-corrected chi connectivity index (χ1v) is 7.62. The van der Waals surface area contributed by atoms with Gasteiger partial charge in [-0.05, 0) is 44.5 Å². The second-order valence-electron chi connectivity index (χ2n) is 4.74. The highest BCUT2D eigenvalue weighted by molar-refractivity contribution is 7.92. The maximum atomic E-state index is 11.9. The number of benzene rings is 1. The number of rotatable bonds is 3. The van der Waals surface area contributed by atoms with E-state index < -0.39 is 15.1 Å². The molecule has 1 fully saturated rings. The Morgan fingerprint density at radius 2 is 1.78 bits per heavy atom. The van der Waals surface area contributed by atoms with E-state index in [-0.39, 0.29) is 5.91 Å². The van der Waals surface area contributed by atoms with E-state index in [2.05, 4.69) is 0 Å². The average molecular weight is 267 g/mol. The van der Waals surface area contributed by atoms with E-state index in [4.69, 9.17) is 0 Å². The minimum atomic E-state index is -3.23. The molecule has 1 aliphatic heterocycles. The standard InChI is InChI=1S/C13H17NO3S/c1-10(2)18(16,17)12-7-5-11(6-8-12)14-9-3-4-13(14)15/h5-8,10H,3-4,9H2,1-2H3. The maximum absolute atomic E-state index is 11.9. The van der Waals surface area contributed by atoms with E-state index in [1.54, 1.807) is 43.0 Å². The summed E-state index contributed by atoms with van der Waals surface area (Å²) < 4.78 is 23.9. The molecule has 0 N–H and O–H groups in total. The van der Waals surface area contributed by atoms with E-state index in [1.165, 1.54) is 0 Å². The molecule has 98 valence electrons. The number of amides is 1. The van der Waals surface area contributed by atoms with Crippen LogP contribution < -0.4 is 4.90 Å². The zero-order valence-electron chi connectivity index (χ0n) is 10.6. The van der Waals surface area contributed by atoms with Gasteiger partial charge in [-0.15, -0.1) is 0 Å². The molecule has 0 atom stereocenters. The third kappa shape index (κ3) is 2.27. The minimum absolute atomic E-state index is 0.106. The third-order valence-corrected chi connectivity index (χ3v) is 5.34. The molecule has 5 heteroatoms. The van der Waals surface area contributed by atoms with E-state index in [9.17, 15) is 13.2 Å². The summed E-state index contributed by atoms with van der Waals surface area (Å²) in [7, 11) is -3.23. The molecular weight excluding hydrogens is 250 g/mol. The zero-order chi connectivity index (χ0) is 13.3. The van der Waals surface area contributed by atoms with Crippen LogP contribution in [0.3, 0.4) is 0 Å². The summed E-state index contributed by atoms with van der Waals surface area (Å²) in [6.07, 6.45) is 1.44. The van der Waals surface area contributed by atoms with Gasteiger partial charge in [0.25, 0.3) is 0 Å². The summed E-state index contributed by atoms with van der Waals surface area (Å²) in [5.74, 6) is 0.106. The second-order valence-corrected chi connectivity index (χ2v) is 7.24. The lowest BCUT2D eigenvalue weighted by molar-refractivity contribution is -0.117. The Bertz CT molecular complexity index is 546. The third-order valence-electron chi connectivity index (χ3n) is 3.17. The fourth-order valence-corrected chi connectivity index (χ4v) is 3.07. The predicted octanol–water partition coefficient (Wildman–Crippen LogP) is 2.00. The Hall–Kier alpha value is -1.36. The van der Waals surface area contributed by atoms with Crippen molar-refractivity contribution in [3.63, 3.8) is 0 Å². The van der Waals surface area contributed by atoms with Gasteiger partial charge in [-0.1, -0.05) is 0 Å². The molecule has 0 spiro atoms. The largest absolute Gasteiger partial charge is 0.312 e. The molecule has 1 aliphatic rings. The molecule has 1 amide bonds. The van der Waals surface area contributed by atoms with Crippen molar-refractivity contribution in [3.8, 4) is 0 Å². The van der Waals surface area contributed by atoms with Crippen LogP contribution in [0, 0.1) is 0 Å². The van der Waals surface area contributed by atoms with E-state index in [1.807, 2.05) is 0 Å². The number of anilines is 1. The monoisotopic (exact) mass is 267 g/mol. The van der Waals surface area contributed by atoms with Crippen LogP contribution >= 0.6 is 0 Å². The van der Waals surface area contributed by atoms with Gasteiger partial charge in [-0.25, -0.2) is 8.42 Å². The van der Waals surface area contributed by atoms with Crippen molar-refractivity contribution in [2.45, 2.75) is 36.8 Å². The number of sulfone groups is 1. The van der Waals surface area contributed by atoms with Gasteiger partial charge in [0.15, 0.2) is 9.84 Å². The Morgan fingerprint density at radius 3 is 2.22 bits per heavy atom. The molecule has 0 saturated carbocycles. The summed E-state index contributed by atoms with van der Waals surface area (Å²) in [5.41, 5.74) is 0.778. The number of carbonyl (C=O) groups excluding carboxylic acids is 1. The summed E-state index contributed by atoms with van der Waals surface area (Å²) in [4.78, 5) is 13.6. The molecule has 1 aromatic rings. The van der Waals surface area contributed by atoms with Crippen molar-refractivity contribution >= 4 is 21.4 Å². The molecule has 1 heterocycles. The van der Waals surface area contributed by atoms with Crippen LogP contribution in [-0.4, -0.2) is 26.1 Å². The van der Waals surface area contributed by atoms with Gasteiger partial charge in [-0.3, -0.25) is 4.79 Å². The fourth-order valence-electron chi connectivity index (χ4n) is 2.01. The molecule has 18 heavy (non-hydrogen) atoms. The minimum Gasteiger partial charge on any atom is -0.312 e. The molecule has 0 unspecified atom stereocenters. The number of hydrogen-bond acceptors (Lipinski definition) is 3. The van der Waals surface area contributed by atoms with Crippen LogP contribution in [-0.2, 0) is 14.6 Å². The van der Waals surface area contributed by atoms with Crippen LogP contribution in [0.4, 0.5) is 5.69 Å².